The first-order valence-electron chi connectivity index (χ1n) is 11.6. The van der Waals surface area contributed by atoms with Crippen molar-refractivity contribution in [2.75, 3.05) is 5.88 Å². The first-order valence-corrected chi connectivity index (χ1v) is 12.5. The van der Waals surface area contributed by atoms with E-state index in [0.29, 0.717) is 17.9 Å². The molecular weight excluding hydrogens is 521 g/mol. The molecule has 0 saturated carbocycles. The smallest absolute Gasteiger partial charge is 0.273 e. The summed E-state index contributed by atoms with van der Waals surface area (Å²) in [5.74, 6) is -3.83. The quantitative estimate of drug-likeness (QED) is 0.117. The van der Waals surface area contributed by atoms with Crippen LogP contribution in [0.5, 0.6) is 0 Å². The molecule has 1 saturated heterocycles. The van der Waals surface area contributed by atoms with Crippen molar-refractivity contribution in [2.24, 2.45) is 11.8 Å². The van der Waals surface area contributed by atoms with Crippen LogP contribution in [0, 0.1) is 22.0 Å². The van der Waals surface area contributed by atoms with Crippen LogP contribution in [0.2, 0.25) is 5.02 Å². The number of halogens is 2. The number of nitro groups is 1. The second kappa shape index (κ2) is 10.8. The molecule has 37 heavy (non-hydrogen) atoms. The molecule has 9 nitrogen and oxygen atoms in total. The molecular formula is C26H23Cl2N3O6. The highest BCUT2D eigenvalue weighted by atomic mass is 35.5. The summed E-state index contributed by atoms with van der Waals surface area (Å²) in [7, 11) is 0. The van der Waals surface area contributed by atoms with E-state index in [0.717, 1.165) is 27.7 Å². The van der Waals surface area contributed by atoms with Crippen molar-refractivity contribution in [3.63, 3.8) is 0 Å². The minimum Gasteiger partial charge on any atom is -0.292 e. The van der Waals surface area contributed by atoms with Gasteiger partial charge in [-0.1, -0.05) is 23.3 Å². The van der Waals surface area contributed by atoms with E-state index in [9.17, 15) is 29.3 Å². The molecule has 4 rings (SSSR count). The zero-order chi connectivity index (χ0) is 26.9. The van der Waals surface area contributed by atoms with Gasteiger partial charge in [-0.15, -0.1) is 11.6 Å². The number of ketones is 1. The van der Waals surface area contributed by atoms with E-state index >= 15 is 0 Å². The van der Waals surface area contributed by atoms with Crippen molar-refractivity contribution in [1.29, 1.82) is 0 Å². The predicted molar refractivity (Wildman–Crippen MR) is 136 cm³/mol. The number of imide groups is 1. The fraction of sp³-hybridized carbons (Fsp3) is 0.308. The van der Waals surface area contributed by atoms with Crippen molar-refractivity contribution >= 4 is 52.4 Å². The van der Waals surface area contributed by atoms with E-state index in [-0.39, 0.29) is 29.1 Å². The number of hydrogen-bond acceptors (Lipinski definition) is 6. The molecule has 11 heteroatoms. The summed E-state index contributed by atoms with van der Waals surface area (Å²) in [4.78, 5) is 65.1. The van der Waals surface area contributed by atoms with Crippen molar-refractivity contribution < 1.29 is 24.1 Å². The molecule has 0 bridgehead atoms. The highest BCUT2D eigenvalue weighted by Crippen LogP contribution is 2.39. The molecule has 2 aromatic rings. The number of alkyl halides is 1. The lowest BCUT2D eigenvalue weighted by atomic mass is 9.82. The van der Waals surface area contributed by atoms with Crippen molar-refractivity contribution in [1.82, 2.24) is 10.0 Å². The molecule has 0 spiro atoms. The zero-order valence-electron chi connectivity index (χ0n) is 19.8. The molecule has 3 atom stereocenters. The highest BCUT2D eigenvalue weighted by Gasteiger charge is 2.53. The molecule has 2 aromatic carbocycles. The minimum atomic E-state index is -1.29. The number of allylic oxidation sites excluding steroid dienone is 2. The van der Waals surface area contributed by atoms with Gasteiger partial charge in [-0.3, -0.25) is 29.3 Å². The molecule has 1 heterocycles. The van der Waals surface area contributed by atoms with Crippen LogP contribution >= 0.6 is 23.2 Å². The number of Topliss-reactive ketones (excluding diaryl/α,β-unsaturated/α-hetero) is 1. The summed E-state index contributed by atoms with van der Waals surface area (Å²) >= 11 is 12.0. The van der Waals surface area contributed by atoms with Gasteiger partial charge >= 0.3 is 0 Å². The number of non-ortho nitro benzene ring substituents is 1. The third-order valence-electron chi connectivity index (χ3n) is 6.66. The van der Waals surface area contributed by atoms with Crippen LogP contribution < -0.4 is 0 Å². The van der Waals surface area contributed by atoms with Crippen LogP contribution in [0.3, 0.4) is 0 Å². The largest absolute Gasteiger partial charge is 0.292 e. The Morgan fingerprint density at radius 1 is 1.05 bits per heavy atom. The third kappa shape index (κ3) is 5.14. The SMILES string of the molecule is CC1=CC[C@@H]2C(=O)N(N(C(=O)c3ccc([N+](=O)[O-])cc3)[C@@H](CCCl)C(=O)c3ccc(Cl)cc3)C(=O)[C@H]2C1. The van der Waals surface area contributed by atoms with Crippen LogP contribution in [0.15, 0.2) is 60.2 Å². The van der Waals surface area contributed by atoms with Crippen LogP contribution in [-0.4, -0.2) is 50.4 Å². The third-order valence-corrected chi connectivity index (χ3v) is 7.13. The maximum Gasteiger partial charge on any atom is 0.273 e. The number of nitrogens with zero attached hydrogens (tertiary/aromatic N) is 3. The molecule has 192 valence electrons. The van der Waals surface area contributed by atoms with E-state index < -0.39 is 46.3 Å². The molecule has 1 aliphatic carbocycles. The topological polar surface area (TPSA) is 118 Å². The summed E-state index contributed by atoms with van der Waals surface area (Å²) in [6, 6.07) is 9.46. The van der Waals surface area contributed by atoms with Gasteiger partial charge in [0.1, 0.15) is 6.04 Å². The van der Waals surface area contributed by atoms with Gasteiger partial charge in [0.25, 0.3) is 23.4 Å². The second-order valence-electron chi connectivity index (χ2n) is 9.01. The van der Waals surface area contributed by atoms with Gasteiger partial charge in [-0.2, -0.15) is 5.01 Å². The number of benzene rings is 2. The van der Waals surface area contributed by atoms with Crippen LogP contribution in [-0.2, 0) is 9.59 Å². The Morgan fingerprint density at radius 3 is 2.24 bits per heavy atom. The molecule has 3 amide bonds. The van der Waals surface area contributed by atoms with Crippen LogP contribution in [0.1, 0.15) is 46.9 Å². The van der Waals surface area contributed by atoms with E-state index in [2.05, 4.69) is 0 Å². The fourth-order valence-corrected chi connectivity index (χ4v) is 5.07. The van der Waals surface area contributed by atoms with E-state index in [1.54, 1.807) is 0 Å². The summed E-state index contributed by atoms with van der Waals surface area (Å²) in [5.41, 5.74) is 0.916. The van der Waals surface area contributed by atoms with E-state index in [1.165, 1.54) is 36.4 Å². The van der Waals surface area contributed by atoms with E-state index in [4.69, 9.17) is 23.2 Å². The van der Waals surface area contributed by atoms with Gasteiger partial charge in [0.2, 0.25) is 0 Å². The van der Waals surface area contributed by atoms with Gasteiger partial charge in [-0.25, -0.2) is 5.01 Å². The lowest BCUT2D eigenvalue weighted by Gasteiger charge is -2.36. The van der Waals surface area contributed by atoms with Gasteiger partial charge in [0.05, 0.1) is 16.8 Å². The lowest BCUT2D eigenvalue weighted by Crippen LogP contribution is -2.57. The summed E-state index contributed by atoms with van der Waals surface area (Å²) in [6.45, 7) is 1.87. The molecule has 1 aliphatic heterocycles. The van der Waals surface area contributed by atoms with Crippen molar-refractivity contribution in [2.45, 2.75) is 32.2 Å². The number of rotatable bonds is 8. The number of fused-ring (bicyclic) bond motifs is 1. The first kappa shape index (κ1) is 26.5. The van der Waals surface area contributed by atoms with Crippen molar-refractivity contribution in [3.8, 4) is 0 Å². The normalized spacial score (nSPS) is 19.8. The maximum absolute atomic E-state index is 13.9. The van der Waals surface area contributed by atoms with Gasteiger partial charge in [-0.05, 0) is 62.6 Å². The molecule has 2 aliphatic rings. The Morgan fingerprint density at radius 2 is 1.65 bits per heavy atom. The molecule has 0 radical (unpaired) electrons. The van der Waals surface area contributed by atoms with Crippen LogP contribution in [0.25, 0.3) is 0 Å². The minimum absolute atomic E-state index is 0.0288. The summed E-state index contributed by atoms with van der Waals surface area (Å²) in [5, 5.41) is 13.2. The van der Waals surface area contributed by atoms with Gasteiger partial charge in [0, 0.05) is 34.2 Å². The average Bonchev–Trinajstić information content (AvgIpc) is 3.12. The van der Waals surface area contributed by atoms with E-state index in [1.807, 2.05) is 13.0 Å². The Balaban J connectivity index is 1.80. The number of hydrazine groups is 1. The monoisotopic (exact) mass is 543 g/mol. The zero-order valence-corrected chi connectivity index (χ0v) is 21.3. The predicted octanol–water partition coefficient (Wildman–Crippen LogP) is 4.83. The van der Waals surface area contributed by atoms with Gasteiger partial charge in [0.15, 0.2) is 5.78 Å². The molecule has 0 unspecified atom stereocenters. The Bertz CT molecular complexity index is 1290. The highest BCUT2D eigenvalue weighted by molar-refractivity contribution is 6.30. The number of carbonyl (C=O) groups excluding carboxylic acids is 4. The first-order chi connectivity index (χ1) is 17.6. The summed E-state index contributed by atoms with van der Waals surface area (Å²) < 4.78 is 0. The number of carbonyl (C=O) groups is 4. The number of nitro benzene ring substituents is 1. The standard InChI is InChI=1S/C26H23Cl2N3O6/c1-15-2-11-20-21(14-15)26(35)30(25(20)34)29(24(33)17-5-9-19(10-6-17)31(36)37)22(12-13-27)23(32)16-3-7-18(28)8-4-16/h2-10,20-22H,11-14H2,1H3/t20-,21-,22-/m0/s1. The Labute approximate surface area is 222 Å². The van der Waals surface area contributed by atoms with Crippen molar-refractivity contribution in [3.05, 3.63) is 86.4 Å². The molecule has 0 N–H and O–H groups in total. The second-order valence-corrected chi connectivity index (χ2v) is 9.82. The van der Waals surface area contributed by atoms with Crippen LogP contribution in [0.4, 0.5) is 5.69 Å². The summed E-state index contributed by atoms with van der Waals surface area (Å²) in [6.07, 6.45) is 2.57. The Hall–Kier alpha value is -3.56. The lowest BCUT2D eigenvalue weighted by molar-refractivity contribution is -0.384. The molecule has 0 aromatic heterocycles. The Kier molecular flexibility index (Phi) is 7.75. The fourth-order valence-electron chi connectivity index (χ4n) is 4.74. The maximum atomic E-state index is 13.9. The average molecular weight is 544 g/mol. The van der Waals surface area contributed by atoms with Gasteiger partial charge < -0.3 is 0 Å². The number of amides is 3. The molecule has 1 fully saturated rings. The number of hydrogen-bond donors (Lipinski definition) is 0.